The molecule has 1 amide bonds. The topological polar surface area (TPSA) is 76.4 Å². The Balaban J connectivity index is 1.92. The number of methoxy groups -OCH3 is 1. The van der Waals surface area contributed by atoms with Crippen LogP contribution in [0.15, 0.2) is 42.6 Å². The van der Waals surface area contributed by atoms with Gasteiger partial charge in [0.15, 0.2) is 11.6 Å². The van der Waals surface area contributed by atoms with Gasteiger partial charge in [-0.15, -0.1) is 0 Å². The Hall–Kier alpha value is -3.42. The van der Waals surface area contributed by atoms with Gasteiger partial charge in [0.25, 0.3) is 0 Å². The maximum Gasteiger partial charge on any atom is 0.407 e. The second-order valence-corrected chi connectivity index (χ2v) is 5.89. The number of halogens is 2. The number of aromatic hydroxyl groups is 1. The summed E-state index contributed by atoms with van der Waals surface area (Å²) in [6, 6.07) is 8.79. The van der Waals surface area contributed by atoms with Crippen LogP contribution >= 0.6 is 0 Å². The number of aromatic nitrogens is 2. The van der Waals surface area contributed by atoms with Crippen LogP contribution in [0.4, 0.5) is 13.6 Å². The zero-order valence-electron chi connectivity index (χ0n) is 14.7. The van der Waals surface area contributed by atoms with E-state index in [1.54, 1.807) is 6.07 Å². The summed E-state index contributed by atoms with van der Waals surface area (Å²) < 4.78 is 33.7. The summed E-state index contributed by atoms with van der Waals surface area (Å²) in [5, 5.41) is 16.1. The fraction of sp³-hybridized carbons (Fsp3) is 0.158. The minimum atomic E-state index is -0.922. The van der Waals surface area contributed by atoms with Crippen molar-refractivity contribution >= 4 is 6.09 Å². The van der Waals surface area contributed by atoms with Crippen LogP contribution in [0.2, 0.25) is 0 Å². The van der Waals surface area contributed by atoms with Gasteiger partial charge in [0.05, 0.1) is 12.8 Å². The summed E-state index contributed by atoms with van der Waals surface area (Å²) in [5.74, 6) is -2.34. The van der Waals surface area contributed by atoms with Crippen LogP contribution in [-0.2, 0) is 11.3 Å². The van der Waals surface area contributed by atoms with Crippen LogP contribution in [0.3, 0.4) is 0 Å². The molecule has 0 unspecified atom stereocenters. The van der Waals surface area contributed by atoms with E-state index in [2.05, 4.69) is 15.2 Å². The quantitative estimate of drug-likeness (QED) is 0.731. The lowest BCUT2D eigenvalue weighted by atomic mass is 10.0. The van der Waals surface area contributed by atoms with Crippen LogP contribution in [0.5, 0.6) is 5.75 Å². The number of carbonyl (C=O) groups excluding carboxylic acids is 1. The molecule has 0 radical (unpaired) electrons. The van der Waals surface area contributed by atoms with E-state index in [1.807, 2.05) is 25.1 Å². The van der Waals surface area contributed by atoms with Gasteiger partial charge < -0.3 is 15.2 Å². The molecule has 1 heterocycles. The van der Waals surface area contributed by atoms with E-state index in [4.69, 9.17) is 0 Å². The molecule has 0 spiro atoms. The minimum absolute atomic E-state index is 0.272. The van der Waals surface area contributed by atoms with Gasteiger partial charge in [-0.2, -0.15) is 5.10 Å². The fourth-order valence-electron chi connectivity index (χ4n) is 2.63. The highest BCUT2D eigenvalue weighted by Crippen LogP contribution is 2.26. The van der Waals surface area contributed by atoms with Gasteiger partial charge in [-0.05, 0) is 30.2 Å². The lowest BCUT2D eigenvalue weighted by Crippen LogP contribution is -2.22. The largest absolute Gasteiger partial charge is 0.508 e. The van der Waals surface area contributed by atoms with Gasteiger partial charge in [0.1, 0.15) is 11.4 Å². The van der Waals surface area contributed by atoms with Gasteiger partial charge in [0.2, 0.25) is 0 Å². The van der Waals surface area contributed by atoms with E-state index in [-0.39, 0.29) is 12.2 Å². The highest BCUT2D eigenvalue weighted by molar-refractivity contribution is 5.67. The molecular weight excluding hydrogens is 356 g/mol. The van der Waals surface area contributed by atoms with Crippen molar-refractivity contribution in [3.8, 4) is 22.7 Å². The van der Waals surface area contributed by atoms with Gasteiger partial charge in [0, 0.05) is 30.4 Å². The van der Waals surface area contributed by atoms with Crippen LogP contribution < -0.4 is 5.32 Å². The van der Waals surface area contributed by atoms with Crippen molar-refractivity contribution < 1.29 is 23.4 Å². The van der Waals surface area contributed by atoms with E-state index < -0.39 is 23.5 Å². The summed E-state index contributed by atoms with van der Waals surface area (Å²) in [6.07, 6.45) is 0.891. The van der Waals surface area contributed by atoms with E-state index in [0.29, 0.717) is 5.69 Å². The minimum Gasteiger partial charge on any atom is -0.508 e. The van der Waals surface area contributed by atoms with Crippen LogP contribution in [0, 0.1) is 18.6 Å². The average Bonchev–Trinajstić information content (AvgIpc) is 3.09. The van der Waals surface area contributed by atoms with Crippen LogP contribution in [0.1, 0.15) is 11.1 Å². The van der Waals surface area contributed by atoms with Crippen molar-refractivity contribution in [3.05, 3.63) is 65.4 Å². The fourth-order valence-corrected chi connectivity index (χ4v) is 2.63. The molecule has 0 fully saturated rings. The number of hydrogen-bond acceptors (Lipinski definition) is 4. The Morgan fingerprint density at radius 3 is 2.59 bits per heavy atom. The standard InChI is InChI=1S/C19H17F2N3O3/c1-11-3-4-12(7-13(11)10-22-19(26)27-2)17-5-6-24(23-17)18-15(20)8-14(25)9-16(18)21/h3-9,25H,10H2,1-2H3,(H,22,26). The van der Waals surface area contributed by atoms with Crippen LogP contribution in [0.25, 0.3) is 16.9 Å². The molecule has 2 N–H and O–H groups in total. The molecule has 6 nitrogen and oxygen atoms in total. The number of nitrogens with one attached hydrogen (secondary N) is 1. The number of aryl methyl sites for hydroxylation is 1. The van der Waals surface area contributed by atoms with E-state index >= 15 is 0 Å². The molecule has 0 bridgehead atoms. The number of hydrogen-bond donors (Lipinski definition) is 2. The lowest BCUT2D eigenvalue weighted by Gasteiger charge is -2.09. The monoisotopic (exact) mass is 373 g/mol. The highest BCUT2D eigenvalue weighted by Gasteiger charge is 2.15. The molecular formula is C19H17F2N3O3. The van der Waals surface area contributed by atoms with Crippen molar-refractivity contribution in [2.24, 2.45) is 0 Å². The predicted octanol–water partition coefficient (Wildman–Crippen LogP) is 3.69. The number of nitrogens with zero attached hydrogens (tertiary/aromatic N) is 2. The molecule has 2 aromatic carbocycles. The first-order chi connectivity index (χ1) is 12.9. The number of ether oxygens (including phenoxy) is 1. The number of alkyl carbamates (subject to hydrolysis) is 1. The zero-order valence-corrected chi connectivity index (χ0v) is 14.7. The van der Waals surface area contributed by atoms with Gasteiger partial charge >= 0.3 is 6.09 Å². The second kappa shape index (κ2) is 7.45. The summed E-state index contributed by atoms with van der Waals surface area (Å²) in [6.45, 7) is 2.17. The number of benzene rings is 2. The van der Waals surface area contributed by atoms with Crippen LogP contribution in [-0.4, -0.2) is 28.1 Å². The lowest BCUT2D eigenvalue weighted by molar-refractivity contribution is 0.170. The van der Waals surface area contributed by atoms with E-state index in [1.165, 1.54) is 13.3 Å². The molecule has 0 aliphatic carbocycles. The molecule has 0 aliphatic rings. The zero-order chi connectivity index (χ0) is 19.6. The van der Waals surface area contributed by atoms with Crippen molar-refractivity contribution in [2.75, 3.05) is 7.11 Å². The Kier molecular flexibility index (Phi) is 5.07. The molecule has 0 atom stereocenters. The molecule has 3 aromatic rings. The normalized spacial score (nSPS) is 10.7. The molecule has 1 aromatic heterocycles. The molecule has 0 aliphatic heterocycles. The number of rotatable bonds is 4. The second-order valence-electron chi connectivity index (χ2n) is 5.89. The molecule has 0 saturated carbocycles. The van der Waals surface area contributed by atoms with Gasteiger partial charge in [-0.1, -0.05) is 12.1 Å². The number of phenols is 1. The maximum atomic E-state index is 14.0. The molecule has 8 heteroatoms. The smallest absolute Gasteiger partial charge is 0.407 e. The third-order valence-corrected chi connectivity index (χ3v) is 4.07. The van der Waals surface area contributed by atoms with E-state index in [0.717, 1.165) is 33.5 Å². The predicted molar refractivity (Wildman–Crippen MR) is 94.6 cm³/mol. The van der Waals surface area contributed by atoms with Crippen molar-refractivity contribution in [1.82, 2.24) is 15.1 Å². The first-order valence-corrected chi connectivity index (χ1v) is 8.05. The Bertz CT molecular complexity index is 979. The Morgan fingerprint density at radius 1 is 1.22 bits per heavy atom. The van der Waals surface area contributed by atoms with Crippen molar-refractivity contribution in [3.63, 3.8) is 0 Å². The highest BCUT2D eigenvalue weighted by atomic mass is 19.1. The maximum absolute atomic E-state index is 14.0. The first kappa shape index (κ1) is 18.4. The van der Waals surface area contributed by atoms with Gasteiger partial charge in [-0.25, -0.2) is 18.3 Å². The number of carbonyl (C=O) groups is 1. The van der Waals surface area contributed by atoms with Crippen molar-refractivity contribution in [2.45, 2.75) is 13.5 Å². The summed E-state index contributed by atoms with van der Waals surface area (Å²) >= 11 is 0. The van der Waals surface area contributed by atoms with Crippen molar-refractivity contribution in [1.29, 1.82) is 0 Å². The molecule has 3 rings (SSSR count). The molecule has 27 heavy (non-hydrogen) atoms. The summed E-state index contributed by atoms with van der Waals surface area (Å²) in [4.78, 5) is 11.3. The first-order valence-electron chi connectivity index (χ1n) is 8.05. The third-order valence-electron chi connectivity index (χ3n) is 4.07. The third kappa shape index (κ3) is 3.89. The molecule has 140 valence electrons. The summed E-state index contributed by atoms with van der Waals surface area (Å²) in [5.41, 5.74) is 2.67. The Labute approximate surface area is 154 Å². The molecule has 0 saturated heterocycles. The summed E-state index contributed by atoms with van der Waals surface area (Å²) in [7, 11) is 1.28. The average molecular weight is 373 g/mol. The van der Waals surface area contributed by atoms with Gasteiger partial charge in [-0.3, -0.25) is 0 Å². The Morgan fingerprint density at radius 2 is 1.93 bits per heavy atom. The SMILES string of the molecule is COC(=O)NCc1cc(-c2ccn(-c3c(F)cc(O)cc3F)n2)ccc1C. The number of phenolic OH excluding ortho intramolecular Hbond substituents is 1. The van der Waals surface area contributed by atoms with E-state index in [9.17, 15) is 18.7 Å². The number of amides is 1.